The Balaban J connectivity index is 0.000000310. The van der Waals surface area contributed by atoms with Gasteiger partial charge in [0.05, 0.1) is 0 Å². The summed E-state index contributed by atoms with van der Waals surface area (Å²) in [6.07, 6.45) is 0. The largest absolute Gasteiger partial charge is 0.333 e. The predicted molar refractivity (Wildman–Crippen MR) is 203 cm³/mol. The third-order valence-corrected chi connectivity index (χ3v) is 9.96. The molecule has 0 N–H and O–H groups in total. The average molecular weight is 801 g/mol. The van der Waals surface area contributed by atoms with Gasteiger partial charge in [-0.3, -0.25) is 0 Å². The predicted octanol–water partition coefficient (Wildman–Crippen LogP) is 14.2. The summed E-state index contributed by atoms with van der Waals surface area (Å²) in [5.41, 5.74) is 10.5. The van der Waals surface area contributed by atoms with Crippen LogP contribution < -0.4 is 0 Å². The van der Waals surface area contributed by atoms with Crippen LogP contribution in [-0.2, 0) is 29.0 Å². The normalized spacial score (nSPS) is 11.5. The molecule has 0 radical (unpaired) electrons. The molecule has 0 amide bonds. The molecule has 0 saturated carbocycles. The van der Waals surface area contributed by atoms with Crippen LogP contribution in [0.5, 0.6) is 0 Å². The van der Waals surface area contributed by atoms with Crippen LogP contribution in [-0.4, -0.2) is 0 Å². The Kier molecular flexibility index (Phi) is 16.0. The Morgan fingerprint density at radius 2 is 0.681 bits per heavy atom. The average Bonchev–Trinajstić information content (AvgIpc) is 3.01. The molecular weight excluding hydrogens is 740 g/mol. The quantitative estimate of drug-likeness (QED) is 0.159. The molecule has 47 heavy (non-hydrogen) atoms. The van der Waals surface area contributed by atoms with Gasteiger partial charge in [-0.1, -0.05) is 99.5 Å². The second-order valence-electron chi connectivity index (χ2n) is 15.0. The molecule has 0 aliphatic heterocycles. The number of hydrogen-bond donors (Lipinski definition) is 0. The second kappa shape index (κ2) is 18.6. The van der Waals surface area contributed by atoms with Gasteiger partial charge in [-0.05, 0) is 0 Å². The Labute approximate surface area is 297 Å². The minimum atomic E-state index is -1.23. The van der Waals surface area contributed by atoms with E-state index in [1.165, 1.54) is 44.8 Å². The van der Waals surface area contributed by atoms with Gasteiger partial charge >= 0.3 is 174 Å². The van der Waals surface area contributed by atoms with Crippen LogP contribution in [0, 0.1) is 13.8 Å². The minimum Gasteiger partial charge on any atom is -0.333 e. The fourth-order valence-corrected chi connectivity index (χ4v) is 7.36. The maximum atomic E-state index is 5.14. The smallest absolute Gasteiger partial charge is 0.0611 e. The van der Waals surface area contributed by atoms with Gasteiger partial charge < -0.3 is 13.8 Å². The topological polar surface area (TPSA) is 24.7 Å². The molecule has 2 nitrogen and oxygen atoms in total. The van der Waals surface area contributed by atoms with Crippen molar-refractivity contribution in [1.82, 2.24) is 0 Å². The van der Waals surface area contributed by atoms with Crippen molar-refractivity contribution >= 4 is 11.4 Å². The molecule has 4 rings (SSSR count). The van der Waals surface area contributed by atoms with Gasteiger partial charge in [0.25, 0.3) is 0 Å². The van der Waals surface area contributed by atoms with Crippen LogP contribution in [0.15, 0.2) is 104 Å². The summed E-state index contributed by atoms with van der Waals surface area (Å²) < 4.78 is 10.3. The summed E-state index contributed by atoms with van der Waals surface area (Å²) in [6.45, 7) is 34.6. The summed E-state index contributed by atoms with van der Waals surface area (Å²) in [5.74, 6) is 1.93. The molecule has 0 fully saturated rings. The van der Waals surface area contributed by atoms with Crippen LogP contribution in [0.3, 0.4) is 0 Å². The molecule has 254 valence electrons. The zero-order valence-corrected chi connectivity index (χ0v) is 34.2. The van der Waals surface area contributed by atoms with E-state index in [-0.39, 0.29) is 10.8 Å². The van der Waals surface area contributed by atoms with E-state index in [9.17, 15) is 0 Å². The minimum absolute atomic E-state index is 0.0429. The van der Waals surface area contributed by atoms with E-state index in [4.69, 9.17) is 6.99 Å². The second-order valence-corrected chi connectivity index (χ2v) is 16.9. The molecule has 0 spiro atoms. The molecule has 0 heterocycles. The van der Waals surface area contributed by atoms with Crippen LogP contribution in [0.1, 0.15) is 140 Å². The first-order chi connectivity index (χ1) is 21.9. The number of rotatable bonds is 8. The van der Waals surface area contributed by atoms with Gasteiger partial charge in [0.15, 0.2) is 0 Å². The van der Waals surface area contributed by atoms with Crippen LogP contribution in [0.4, 0.5) is 11.4 Å². The summed E-state index contributed by atoms with van der Waals surface area (Å²) in [7, 11) is 0. The third-order valence-electron chi connectivity index (χ3n) is 8.06. The van der Waals surface area contributed by atoms with Gasteiger partial charge in [-0.15, -0.1) is 10.8 Å². The zero-order chi connectivity index (χ0) is 35.4. The molecule has 4 aromatic rings. The number of benzene rings is 4. The summed E-state index contributed by atoms with van der Waals surface area (Å²) in [4.78, 5) is 0. The molecule has 0 atom stereocenters. The first-order valence-electron chi connectivity index (χ1n) is 17.1. The Morgan fingerprint density at radius 1 is 0.426 bits per heavy atom. The summed E-state index contributed by atoms with van der Waals surface area (Å²) in [5, 5.41) is 0. The molecule has 0 unspecified atom stereocenters. The monoisotopic (exact) mass is 800 g/mol. The van der Waals surface area contributed by atoms with Gasteiger partial charge in [0, 0.05) is 0 Å². The maximum absolute atomic E-state index is 5.14. The van der Waals surface area contributed by atoms with Crippen LogP contribution in [0.2, 0.25) is 0 Å². The fraction of sp³-hybridized carbons (Fsp3) is 0.409. The molecule has 0 aromatic heterocycles. The van der Waals surface area contributed by atoms with E-state index in [0.29, 0.717) is 23.7 Å². The maximum Gasteiger partial charge on any atom is -0.0611 e. The molecule has 3 heteroatoms. The van der Waals surface area contributed by atoms with Crippen LogP contribution in [0.25, 0.3) is 0 Å². The molecule has 0 bridgehead atoms. The van der Waals surface area contributed by atoms with E-state index in [1.54, 1.807) is 0 Å². The Morgan fingerprint density at radius 3 is 0.872 bits per heavy atom. The van der Waals surface area contributed by atoms with Crippen molar-refractivity contribution in [2.45, 2.75) is 118 Å². The fourth-order valence-electron chi connectivity index (χ4n) is 5.12. The third kappa shape index (κ3) is 12.9. The van der Waals surface area contributed by atoms with E-state index < -0.39 is 18.2 Å². The van der Waals surface area contributed by atoms with Crippen molar-refractivity contribution < 1.29 is 18.2 Å². The molecule has 0 aliphatic rings. The Hall–Kier alpha value is -2.83. The van der Waals surface area contributed by atoms with E-state index >= 15 is 0 Å². The van der Waals surface area contributed by atoms with Gasteiger partial charge in [-0.2, -0.15) is 0 Å². The van der Waals surface area contributed by atoms with Crippen molar-refractivity contribution in [2.24, 2.45) is 6.99 Å². The number of hydrogen-bond acceptors (Lipinski definition) is 2. The van der Waals surface area contributed by atoms with Crippen molar-refractivity contribution in [3.05, 3.63) is 144 Å². The summed E-state index contributed by atoms with van der Waals surface area (Å²) >= 11 is -1.23. The van der Waals surface area contributed by atoms with E-state index in [2.05, 4.69) is 158 Å². The van der Waals surface area contributed by atoms with E-state index in [1.807, 2.05) is 36.4 Å². The van der Waals surface area contributed by atoms with E-state index in [0.717, 1.165) is 0 Å². The molecular formula is C44H60N2W-2. The number of nitrogens with zero attached hydrogens (tertiary/aromatic N) is 2. The van der Waals surface area contributed by atoms with Gasteiger partial charge in [-0.25, -0.2) is 0 Å². The standard InChI is InChI=1S/2C12H17N.2C10H13.W/c2*1-8(2)10-6-5-7-11(9(3)4)12(10)13;2*1-10(2,3)9-7-5-4-6-8-9;/h2*5-9H,1-4H3;2*4-8H,1H2,2-3H3;/q;;2*-1;. The van der Waals surface area contributed by atoms with Crippen molar-refractivity contribution in [2.75, 3.05) is 0 Å². The summed E-state index contributed by atoms with van der Waals surface area (Å²) in [6, 6.07) is 33.9. The first-order valence-corrected chi connectivity index (χ1v) is 19.7. The Bertz CT molecular complexity index is 1390. The zero-order valence-electron chi connectivity index (χ0n) is 31.3. The SMILES string of the molecule is CC(C)c1cccc(C(C)C)c1[N]=[W]=[N]c1c(C(C)C)cccc1C(C)C.[CH2-]C(C)(C)c1ccccc1.[CH2-]C(C)(C)c1ccccc1. The van der Waals surface area contributed by atoms with Crippen molar-refractivity contribution in [1.29, 1.82) is 0 Å². The van der Waals surface area contributed by atoms with Crippen LogP contribution >= 0.6 is 0 Å². The first kappa shape index (κ1) is 40.3. The van der Waals surface area contributed by atoms with Gasteiger partial charge in [0.1, 0.15) is 0 Å². The van der Waals surface area contributed by atoms with Crippen molar-refractivity contribution in [3.63, 3.8) is 0 Å². The molecule has 0 saturated heterocycles. The van der Waals surface area contributed by atoms with Crippen molar-refractivity contribution in [3.8, 4) is 0 Å². The molecule has 0 aliphatic carbocycles. The van der Waals surface area contributed by atoms with Gasteiger partial charge in [0.2, 0.25) is 0 Å². The molecule has 4 aromatic carbocycles.